The van der Waals surface area contributed by atoms with E-state index in [-0.39, 0.29) is 29.0 Å². The molecule has 27 heavy (non-hydrogen) atoms. The largest absolute Gasteiger partial charge is 0.497 e. The lowest BCUT2D eigenvalue weighted by molar-refractivity contribution is -0.384. The van der Waals surface area contributed by atoms with Gasteiger partial charge in [0.2, 0.25) is 11.8 Å². The van der Waals surface area contributed by atoms with Gasteiger partial charge < -0.3 is 15.4 Å². The van der Waals surface area contributed by atoms with E-state index in [0.717, 1.165) is 0 Å². The van der Waals surface area contributed by atoms with Gasteiger partial charge in [-0.05, 0) is 42.8 Å². The number of rotatable bonds is 8. The van der Waals surface area contributed by atoms with Crippen LogP contribution in [0.1, 0.15) is 5.56 Å². The molecule has 0 bridgehead atoms. The van der Waals surface area contributed by atoms with E-state index >= 15 is 0 Å². The Labute approximate surface area is 160 Å². The highest BCUT2D eigenvalue weighted by molar-refractivity contribution is 8.00. The molecule has 2 N–H and O–H groups in total. The van der Waals surface area contributed by atoms with Crippen molar-refractivity contribution in [3.05, 3.63) is 58.1 Å². The summed E-state index contributed by atoms with van der Waals surface area (Å²) in [6.45, 7) is 1.68. The maximum Gasteiger partial charge on any atom is 0.269 e. The van der Waals surface area contributed by atoms with Gasteiger partial charge in [-0.1, -0.05) is 0 Å². The van der Waals surface area contributed by atoms with Gasteiger partial charge in [0.15, 0.2) is 0 Å². The average molecular weight is 389 g/mol. The summed E-state index contributed by atoms with van der Waals surface area (Å²) in [6.07, 6.45) is 0. The zero-order valence-electron chi connectivity index (χ0n) is 14.9. The van der Waals surface area contributed by atoms with Crippen LogP contribution in [-0.4, -0.2) is 35.4 Å². The number of carbonyl (C=O) groups excluding carboxylic acids is 2. The Kier molecular flexibility index (Phi) is 7.18. The number of hydrogen-bond donors (Lipinski definition) is 2. The first-order valence-electron chi connectivity index (χ1n) is 7.95. The van der Waals surface area contributed by atoms with Crippen LogP contribution in [0.2, 0.25) is 0 Å². The smallest absolute Gasteiger partial charge is 0.269 e. The Hall–Kier alpha value is -3.07. The third-order valence-electron chi connectivity index (χ3n) is 3.53. The zero-order chi connectivity index (χ0) is 19.8. The molecule has 0 radical (unpaired) electrons. The van der Waals surface area contributed by atoms with Crippen molar-refractivity contribution < 1.29 is 19.2 Å². The van der Waals surface area contributed by atoms with E-state index in [1.807, 2.05) is 0 Å². The number of amides is 2. The van der Waals surface area contributed by atoms with Gasteiger partial charge in [-0.25, -0.2) is 0 Å². The summed E-state index contributed by atoms with van der Waals surface area (Å²) in [5.41, 5.74) is 1.72. The van der Waals surface area contributed by atoms with Gasteiger partial charge in [0.05, 0.1) is 23.5 Å². The molecule has 0 atom stereocenters. The molecular formula is C18H19N3O5S. The number of nitro benzene ring substituents is 1. The molecule has 0 saturated carbocycles. The first-order valence-corrected chi connectivity index (χ1v) is 9.11. The van der Waals surface area contributed by atoms with Crippen LogP contribution in [0.25, 0.3) is 0 Å². The summed E-state index contributed by atoms with van der Waals surface area (Å²) in [4.78, 5) is 34.1. The third kappa shape index (κ3) is 6.30. The molecule has 0 spiro atoms. The minimum Gasteiger partial charge on any atom is -0.497 e. The highest BCUT2D eigenvalue weighted by atomic mass is 32.2. The monoisotopic (exact) mass is 389 g/mol. The molecule has 0 saturated heterocycles. The molecule has 0 fully saturated rings. The van der Waals surface area contributed by atoms with E-state index in [2.05, 4.69) is 10.6 Å². The third-order valence-corrected chi connectivity index (χ3v) is 4.47. The molecule has 0 unspecified atom stereocenters. The molecule has 0 aliphatic carbocycles. The quantitative estimate of drug-likeness (QED) is 0.530. The number of methoxy groups -OCH3 is 1. The standard InChI is InChI=1S/C18H19N3O5S/c1-12-9-14(21(24)25)5-8-16(12)20-18(23)11-27-10-17(22)19-13-3-6-15(26-2)7-4-13/h3-9H,10-11H2,1-2H3,(H,19,22)(H,20,23). The van der Waals surface area contributed by atoms with Crippen LogP contribution < -0.4 is 15.4 Å². The van der Waals surface area contributed by atoms with Gasteiger partial charge >= 0.3 is 0 Å². The maximum absolute atomic E-state index is 12.0. The van der Waals surface area contributed by atoms with Crippen LogP contribution in [0.15, 0.2) is 42.5 Å². The number of nitrogens with one attached hydrogen (secondary N) is 2. The van der Waals surface area contributed by atoms with E-state index in [9.17, 15) is 19.7 Å². The van der Waals surface area contributed by atoms with E-state index in [1.165, 1.54) is 30.0 Å². The lowest BCUT2D eigenvalue weighted by atomic mass is 10.2. The number of aryl methyl sites for hydroxylation is 1. The van der Waals surface area contributed by atoms with Crippen molar-refractivity contribution in [2.75, 3.05) is 29.2 Å². The van der Waals surface area contributed by atoms with Crippen LogP contribution in [-0.2, 0) is 9.59 Å². The predicted molar refractivity (Wildman–Crippen MR) is 105 cm³/mol. The second-order valence-corrected chi connectivity index (χ2v) is 6.56. The normalized spacial score (nSPS) is 10.1. The molecular weight excluding hydrogens is 370 g/mol. The van der Waals surface area contributed by atoms with E-state index in [0.29, 0.717) is 22.7 Å². The molecule has 2 aromatic carbocycles. The first kappa shape index (κ1) is 20.2. The van der Waals surface area contributed by atoms with Crippen molar-refractivity contribution in [2.45, 2.75) is 6.92 Å². The Balaban J connectivity index is 1.76. The average Bonchev–Trinajstić information content (AvgIpc) is 2.64. The summed E-state index contributed by atoms with van der Waals surface area (Å²) in [7, 11) is 1.56. The Morgan fingerprint density at radius 2 is 1.70 bits per heavy atom. The number of nitro groups is 1. The van der Waals surface area contributed by atoms with Crippen LogP contribution >= 0.6 is 11.8 Å². The molecule has 0 aliphatic rings. The molecule has 0 aromatic heterocycles. The number of thioether (sulfide) groups is 1. The van der Waals surface area contributed by atoms with E-state index in [1.54, 1.807) is 38.3 Å². The van der Waals surface area contributed by atoms with Crippen molar-refractivity contribution in [3.8, 4) is 5.75 Å². The Bertz CT molecular complexity index is 839. The SMILES string of the molecule is COc1ccc(NC(=O)CSCC(=O)Nc2ccc([N+](=O)[O-])cc2C)cc1. The highest BCUT2D eigenvalue weighted by Gasteiger charge is 2.11. The summed E-state index contributed by atoms with van der Waals surface area (Å²) < 4.78 is 5.05. The molecule has 0 heterocycles. The van der Waals surface area contributed by atoms with Gasteiger partial charge in [-0.15, -0.1) is 11.8 Å². The fourth-order valence-electron chi connectivity index (χ4n) is 2.20. The number of benzene rings is 2. The van der Waals surface area contributed by atoms with E-state index in [4.69, 9.17) is 4.74 Å². The first-order chi connectivity index (χ1) is 12.9. The number of ether oxygens (including phenoxy) is 1. The molecule has 0 aliphatic heterocycles. The second kappa shape index (κ2) is 9.58. The van der Waals surface area contributed by atoms with Crippen molar-refractivity contribution >= 4 is 40.6 Å². The molecule has 2 amide bonds. The number of carbonyl (C=O) groups is 2. The number of anilines is 2. The summed E-state index contributed by atoms with van der Waals surface area (Å²) >= 11 is 1.17. The summed E-state index contributed by atoms with van der Waals surface area (Å²) in [5.74, 6) is 0.407. The Morgan fingerprint density at radius 3 is 2.26 bits per heavy atom. The fourth-order valence-corrected chi connectivity index (χ4v) is 2.81. The topological polar surface area (TPSA) is 111 Å². The molecule has 9 heteroatoms. The van der Waals surface area contributed by atoms with Crippen molar-refractivity contribution in [3.63, 3.8) is 0 Å². The molecule has 2 aromatic rings. The lowest BCUT2D eigenvalue weighted by Gasteiger charge is -2.08. The van der Waals surface area contributed by atoms with Gasteiger partial charge in [-0.3, -0.25) is 19.7 Å². The van der Waals surface area contributed by atoms with Crippen molar-refractivity contribution in [1.29, 1.82) is 0 Å². The van der Waals surface area contributed by atoms with Crippen molar-refractivity contribution in [1.82, 2.24) is 0 Å². The van der Waals surface area contributed by atoms with E-state index < -0.39 is 4.92 Å². The predicted octanol–water partition coefficient (Wildman–Crippen LogP) is 3.22. The number of hydrogen-bond acceptors (Lipinski definition) is 6. The second-order valence-electron chi connectivity index (χ2n) is 5.57. The van der Waals surface area contributed by atoms with Gasteiger partial charge in [0, 0.05) is 23.5 Å². The van der Waals surface area contributed by atoms with Crippen LogP contribution in [0.4, 0.5) is 17.1 Å². The molecule has 2 rings (SSSR count). The summed E-state index contributed by atoms with van der Waals surface area (Å²) in [5, 5.41) is 16.1. The molecule has 142 valence electrons. The van der Waals surface area contributed by atoms with Gasteiger partial charge in [0.25, 0.3) is 5.69 Å². The minimum absolute atomic E-state index is 0.0323. The maximum atomic E-state index is 12.0. The van der Waals surface area contributed by atoms with Crippen LogP contribution in [0.5, 0.6) is 5.75 Å². The number of non-ortho nitro benzene ring substituents is 1. The molecule has 8 nitrogen and oxygen atoms in total. The van der Waals surface area contributed by atoms with Crippen LogP contribution in [0.3, 0.4) is 0 Å². The minimum atomic E-state index is -0.490. The summed E-state index contributed by atoms with van der Waals surface area (Å²) in [6, 6.07) is 11.2. The van der Waals surface area contributed by atoms with Gasteiger partial charge in [0.1, 0.15) is 5.75 Å². The lowest BCUT2D eigenvalue weighted by Crippen LogP contribution is -2.18. The zero-order valence-corrected chi connectivity index (χ0v) is 15.7. The van der Waals surface area contributed by atoms with Crippen LogP contribution in [0, 0.1) is 17.0 Å². The highest BCUT2D eigenvalue weighted by Crippen LogP contribution is 2.21. The fraction of sp³-hybridized carbons (Fsp3) is 0.222. The Morgan fingerprint density at radius 1 is 1.07 bits per heavy atom. The van der Waals surface area contributed by atoms with Gasteiger partial charge in [-0.2, -0.15) is 0 Å². The van der Waals surface area contributed by atoms with Crippen molar-refractivity contribution in [2.24, 2.45) is 0 Å². The number of nitrogens with zero attached hydrogens (tertiary/aromatic N) is 1.